The second kappa shape index (κ2) is 11.0. The van der Waals surface area contributed by atoms with Gasteiger partial charge in [-0.2, -0.15) is 0 Å². The molecule has 0 amide bonds. The number of hydrogen-bond donors (Lipinski definition) is 1. The molecule has 0 bridgehead atoms. The SMILES string of the molecule is C1=CC(C2C=C(c3ccncc3)C=C(N3c4ccccc4-c4ccc5c(sc6ccccc65)c4C4C=c5cccnc5=CC43)C2)=CCN1. The Balaban J connectivity index is 1.25. The molecular formula is C43H32N4S. The molecular weight excluding hydrogens is 605 g/mol. The highest BCUT2D eigenvalue weighted by Crippen LogP contribution is 2.52. The van der Waals surface area contributed by atoms with Crippen molar-refractivity contribution in [2.75, 3.05) is 11.4 Å². The van der Waals surface area contributed by atoms with Crippen LogP contribution in [-0.4, -0.2) is 22.6 Å². The summed E-state index contributed by atoms with van der Waals surface area (Å²) in [5.74, 6) is 0.364. The molecule has 4 nitrogen and oxygen atoms in total. The van der Waals surface area contributed by atoms with Crippen LogP contribution in [0.3, 0.4) is 0 Å². The molecule has 0 spiro atoms. The van der Waals surface area contributed by atoms with Crippen LogP contribution in [0.25, 0.3) is 49.0 Å². The molecule has 4 aliphatic rings. The van der Waals surface area contributed by atoms with Crippen molar-refractivity contribution >= 4 is 54.9 Å². The maximum absolute atomic E-state index is 4.91. The van der Waals surface area contributed by atoms with Gasteiger partial charge < -0.3 is 10.2 Å². The number of hydrogen-bond acceptors (Lipinski definition) is 5. The topological polar surface area (TPSA) is 41.1 Å². The molecule has 1 N–H and O–H groups in total. The van der Waals surface area contributed by atoms with Crippen LogP contribution in [0.4, 0.5) is 5.69 Å². The summed E-state index contributed by atoms with van der Waals surface area (Å²) in [7, 11) is 0. The fourth-order valence-corrected chi connectivity index (χ4v) is 9.49. The Morgan fingerprint density at radius 2 is 1.69 bits per heavy atom. The third kappa shape index (κ3) is 4.35. The first kappa shape index (κ1) is 27.6. The monoisotopic (exact) mass is 636 g/mol. The fraction of sp³-hybridized carbons (Fsp3) is 0.116. The molecule has 3 atom stereocenters. The number of allylic oxidation sites excluding steroid dienone is 6. The van der Waals surface area contributed by atoms with Gasteiger partial charge in [-0.05, 0) is 94.2 Å². The molecule has 0 saturated heterocycles. The van der Waals surface area contributed by atoms with Gasteiger partial charge in [0.25, 0.3) is 0 Å². The number of nitrogens with one attached hydrogen (secondary N) is 1. The summed E-state index contributed by atoms with van der Waals surface area (Å²) >= 11 is 1.93. The molecule has 10 rings (SSSR count). The number of aromatic nitrogens is 2. The Morgan fingerprint density at radius 3 is 2.60 bits per heavy atom. The van der Waals surface area contributed by atoms with Crippen LogP contribution in [-0.2, 0) is 0 Å². The molecule has 0 saturated carbocycles. The molecule has 230 valence electrons. The fourth-order valence-electron chi connectivity index (χ4n) is 8.19. The van der Waals surface area contributed by atoms with Crippen molar-refractivity contribution in [2.24, 2.45) is 5.92 Å². The first-order chi connectivity index (χ1) is 23.8. The van der Waals surface area contributed by atoms with Crippen LogP contribution in [0, 0.1) is 5.92 Å². The van der Waals surface area contributed by atoms with Gasteiger partial charge >= 0.3 is 0 Å². The molecule has 2 aliphatic heterocycles. The zero-order valence-electron chi connectivity index (χ0n) is 26.3. The number of nitrogens with zero attached hydrogens (tertiary/aromatic N) is 3. The van der Waals surface area contributed by atoms with Crippen LogP contribution in [0.1, 0.15) is 23.5 Å². The van der Waals surface area contributed by atoms with E-state index in [1.54, 1.807) is 0 Å². The summed E-state index contributed by atoms with van der Waals surface area (Å²) in [5, 5.41) is 8.28. The molecule has 6 aromatic rings. The first-order valence-corrected chi connectivity index (χ1v) is 17.5. The Bertz CT molecular complexity index is 2520. The van der Waals surface area contributed by atoms with E-state index >= 15 is 0 Å². The van der Waals surface area contributed by atoms with Gasteiger partial charge in [0.2, 0.25) is 0 Å². The van der Waals surface area contributed by atoms with Crippen molar-refractivity contribution in [2.45, 2.75) is 18.4 Å². The van der Waals surface area contributed by atoms with Crippen molar-refractivity contribution < 1.29 is 0 Å². The summed E-state index contributed by atoms with van der Waals surface area (Å²) in [5.41, 5.74) is 10.3. The number of pyridine rings is 2. The van der Waals surface area contributed by atoms with E-state index in [0.29, 0.717) is 0 Å². The first-order valence-electron chi connectivity index (χ1n) is 16.7. The van der Waals surface area contributed by atoms with Crippen molar-refractivity contribution in [3.63, 3.8) is 0 Å². The molecule has 48 heavy (non-hydrogen) atoms. The number of para-hydroxylation sites is 1. The van der Waals surface area contributed by atoms with Gasteiger partial charge in [-0.25, -0.2) is 0 Å². The lowest BCUT2D eigenvalue weighted by Crippen LogP contribution is -2.45. The molecule has 5 heteroatoms. The zero-order valence-corrected chi connectivity index (χ0v) is 27.1. The molecule has 3 aromatic carbocycles. The van der Waals surface area contributed by atoms with E-state index < -0.39 is 0 Å². The van der Waals surface area contributed by atoms with Crippen LogP contribution in [0.15, 0.2) is 145 Å². The molecule has 0 fully saturated rings. The molecule has 3 aromatic heterocycles. The zero-order chi connectivity index (χ0) is 31.6. The smallest absolute Gasteiger partial charge is 0.0680 e. The van der Waals surface area contributed by atoms with Gasteiger partial charge in [-0.3, -0.25) is 9.97 Å². The number of benzene rings is 3. The van der Waals surface area contributed by atoms with Crippen molar-refractivity contribution in [3.8, 4) is 11.1 Å². The van der Waals surface area contributed by atoms with E-state index in [-0.39, 0.29) is 17.9 Å². The lowest BCUT2D eigenvalue weighted by atomic mass is 9.81. The average molecular weight is 637 g/mol. The predicted octanol–water partition coefficient (Wildman–Crippen LogP) is 8.09. The quantitative estimate of drug-likeness (QED) is 0.213. The van der Waals surface area contributed by atoms with Crippen LogP contribution < -0.4 is 20.8 Å². The van der Waals surface area contributed by atoms with E-state index in [1.165, 1.54) is 70.2 Å². The van der Waals surface area contributed by atoms with E-state index in [2.05, 4.69) is 143 Å². The Labute approximate surface area is 283 Å². The number of dihydropyridines is 1. The second-order valence-corrected chi connectivity index (χ2v) is 14.0. The van der Waals surface area contributed by atoms with Crippen LogP contribution in [0.5, 0.6) is 0 Å². The summed E-state index contributed by atoms with van der Waals surface area (Å²) in [4.78, 5) is 11.9. The Hall–Kier alpha value is -5.52. The van der Waals surface area contributed by atoms with Gasteiger partial charge in [0.1, 0.15) is 0 Å². The molecule has 5 heterocycles. The number of thiophene rings is 1. The van der Waals surface area contributed by atoms with Gasteiger partial charge in [0, 0.05) is 74.1 Å². The minimum Gasteiger partial charge on any atom is -0.387 e. The van der Waals surface area contributed by atoms with Gasteiger partial charge in [0.05, 0.1) is 11.4 Å². The number of rotatable bonds is 3. The Kier molecular flexibility index (Phi) is 6.34. The Morgan fingerprint density at radius 1 is 0.792 bits per heavy atom. The van der Waals surface area contributed by atoms with E-state index in [4.69, 9.17) is 4.98 Å². The highest BCUT2D eigenvalue weighted by atomic mass is 32.1. The van der Waals surface area contributed by atoms with E-state index in [0.717, 1.165) is 18.3 Å². The van der Waals surface area contributed by atoms with Gasteiger partial charge in [-0.1, -0.05) is 72.8 Å². The summed E-state index contributed by atoms with van der Waals surface area (Å²) in [6.45, 7) is 0.850. The predicted molar refractivity (Wildman–Crippen MR) is 200 cm³/mol. The van der Waals surface area contributed by atoms with Crippen molar-refractivity contribution in [3.05, 3.63) is 167 Å². The number of anilines is 1. The third-order valence-corrected chi connectivity index (χ3v) is 11.5. The molecule has 0 radical (unpaired) electrons. The largest absolute Gasteiger partial charge is 0.387 e. The third-order valence-electron chi connectivity index (χ3n) is 10.3. The standard InChI is InChI=1S/C43H32N4S/c1-3-9-39-33(7-1)35-11-12-36-34-8-2-4-10-41(34)48-43(36)42(35)37-25-29-6-5-17-46-38(29)26-40(37)47(39)32-23-30(27-13-18-44-19-14-27)22-31(24-32)28-15-20-45-21-16-28/h1-20,22-23,25-26,31,37,40,45H,21,24H2. The summed E-state index contributed by atoms with van der Waals surface area (Å²) in [6, 6.07) is 31.2. The molecule has 2 aliphatic carbocycles. The van der Waals surface area contributed by atoms with E-state index in [9.17, 15) is 0 Å². The maximum atomic E-state index is 4.91. The lowest BCUT2D eigenvalue weighted by Gasteiger charge is -2.40. The number of fused-ring (bicyclic) bond motifs is 10. The van der Waals surface area contributed by atoms with Crippen molar-refractivity contribution in [1.29, 1.82) is 0 Å². The minimum absolute atomic E-state index is 0.0341. The summed E-state index contributed by atoms with van der Waals surface area (Å²) in [6.07, 6.45) is 23.1. The highest BCUT2D eigenvalue weighted by Gasteiger charge is 2.38. The summed E-state index contributed by atoms with van der Waals surface area (Å²) < 4.78 is 2.72. The van der Waals surface area contributed by atoms with E-state index in [1.807, 2.05) is 29.9 Å². The maximum Gasteiger partial charge on any atom is 0.0680 e. The van der Waals surface area contributed by atoms with Gasteiger partial charge in [-0.15, -0.1) is 11.3 Å². The van der Waals surface area contributed by atoms with Crippen LogP contribution in [0.2, 0.25) is 0 Å². The van der Waals surface area contributed by atoms with Gasteiger partial charge in [0.15, 0.2) is 0 Å². The normalized spacial score (nSPS) is 20.9. The second-order valence-electron chi connectivity index (χ2n) is 13.0. The highest BCUT2D eigenvalue weighted by molar-refractivity contribution is 7.26. The van der Waals surface area contributed by atoms with Crippen LogP contribution >= 0.6 is 11.3 Å². The minimum atomic E-state index is 0.0341. The lowest BCUT2D eigenvalue weighted by molar-refractivity contribution is 0.659. The average Bonchev–Trinajstić information content (AvgIpc) is 3.48. The van der Waals surface area contributed by atoms with Crippen molar-refractivity contribution in [1.82, 2.24) is 15.3 Å². The molecule has 3 unspecified atom stereocenters.